The number of carbonyl (C=O) groups excluding carboxylic acids is 1. The van der Waals surface area contributed by atoms with Crippen LogP contribution in [-0.2, 0) is 9.84 Å². The van der Waals surface area contributed by atoms with Crippen LogP contribution in [0, 0.1) is 12.8 Å². The van der Waals surface area contributed by atoms with Crippen molar-refractivity contribution in [2.45, 2.75) is 17.7 Å². The van der Waals surface area contributed by atoms with Gasteiger partial charge in [0.2, 0.25) is 0 Å². The molecule has 3 rings (SSSR count). The summed E-state index contributed by atoms with van der Waals surface area (Å²) in [6.07, 6.45) is 1.16. The third-order valence-corrected chi connectivity index (χ3v) is 6.33. The molecule has 1 aliphatic heterocycles. The van der Waals surface area contributed by atoms with Gasteiger partial charge in [-0.3, -0.25) is 4.79 Å². The van der Waals surface area contributed by atoms with E-state index in [2.05, 4.69) is 12.1 Å². The first-order valence-corrected chi connectivity index (χ1v) is 10.6. The quantitative estimate of drug-likeness (QED) is 0.843. The van der Waals surface area contributed by atoms with E-state index in [0.29, 0.717) is 30.8 Å². The number of nitrogens with two attached hydrogens (primary N) is 1. The molecule has 0 saturated carbocycles. The number of likely N-dealkylation sites (tertiary alicyclic amines) is 1. The number of amides is 1. The molecule has 5 nitrogen and oxygen atoms in total. The van der Waals surface area contributed by atoms with Gasteiger partial charge in [-0.15, -0.1) is 12.4 Å². The lowest BCUT2D eigenvalue weighted by Gasteiger charge is -2.17. The normalized spacial score (nSPS) is 19.6. The number of sulfone groups is 1. The van der Waals surface area contributed by atoms with E-state index < -0.39 is 9.84 Å². The van der Waals surface area contributed by atoms with Crippen molar-refractivity contribution in [2.75, 3.05) is 25.9 Å². The molecule has 0 radical (unpaired) electrons. The highest BCUT2D eigenvalue weighted by atomic mass is 35.5. The molecule has 0 spiro atoms. The van der Waals surface area contributed by atoms with E-state index in [0.717, 1.165) is 6.26 Å². The minimum atomic E-state index is -3.37. The zero-order valence-electron chi connectivity index (χ0n) is 15.5. The van der Waals surface area contributed by atoms with Gasteiger partial charge in [0.05, 0.1) is 4.90 Å². The zero-order valence-corrected chi connectivity index (χ0v) is 17.1. The SMILES string of the molecule is Cc1ccc(C(=O)N2C[C@@H](CN)[C@H](c3ccccc3)C2)cc1S(C)(=O)=O.Cl. The Bertz CT molecular complexity index is 916. The molecule has 2 atom stereocenters. The Balaban J connectivity index is 0.00000261. The summed E-state index contributed by atoms with van der Waals surface area (Å²) in [5.74, 6) is 0.248. The zero-order chi connectivity index (χ0) is 18.9. The van der Waals surface area contributed by atoms with E-state index in [9.17, 15) is 13.2 Å². The largest absolute Gasteiger partial charge is 0.338 e. The van der Waals surface area contributed by atoms with Crippen LogP contribution in [-0.4, -0.2) is 45.1 Å². The maximum atomic E-state index is 13.0. The number of aryl methyl sites for hydroxylation is 1. The molecule has 0 unspecified atom stereocenters. The molecule has 27 heavy (non-hydrogen) atoms. The summed E-state index contributed by atoms with van der Waals surface area (Å²) in [6.45, 7) is 3.41. The van der Waals surface area contributed by atoms with Crippen molar-refractivity contribution < 1.29 is 13.2 Å². The second kappa shape index (κ2) is 8.42. The number of halogens is 1. The van der Waals surface area contributed by atoms with Crippen molar-refractivity contribution in [1.82, 2.24) is 4.90 Å². The van der Waals surface area contributed by atoms with Crippen molar-refractivity contribution >= 4 is 28.2 Å². The first kappa shape index (κ1) is 21.4. The molecule has 1 fully saturated rings. The summed E-state index contributed by atoms with van der Waals surface area (Å²) in [5, 5.41) is 0. The lowest BCUT2D eigenvalue weighted by molar-refractivity contribution is 0.0786. The Kier molecular flexibility index (Phi) is 6.68. The van der Waals surface area contributed by atoms with Crippen LogP contribution in [0.5, 0.6) is 0 Å². The maximum Gasteiger partial charge on any atom is 0.253 e. The first-order valence-electron chi connectivity index (χ1n) is 8.66. The lowest BCUT2D eigenvalue weighted by Crippen LogP contribution is -2.30. The molecule has 7 heteroatoms. The lowest BCUT2D eigenvalue weighted by atomic mass is 9.89. The predicted octanol–water partition coefficient (Wildman–Crippen LogP) is 2.63. The van der Waals surface area contributed by atoms with Gasteiger partial charge in [-0.2, -0.15) is 0 Å². The molecule has 2 N–H and O–H groups in total. The standard InChI is InChI=1S/C20H24N2O3S.ClH/c1-14-8-9-16(10-19(14)26(2,24)25)20(23)22-12-17(11-21)18(13-22)15-6-4-3-5-7-15;/h3-10,17-18H,11-13,21H2,1-2H3;1H/t17-,18+;/m1./s1. The number of hydrogen-bond acceptors (Lipinski definition) is 4. The smallest absolute Gasteiger partial charge is 0.253 e. The molecule has 1 saturated heterocycles. The van der Waals surface area contributed by atoms with Crippen LogP contribution in [0.3, 0.4) is 0 Å². The van der Waals surface area contributed by atoms with E-state index >= 15 is 0 Å². The summed E-state index contributed by atoms with van der Waals surface area (Å²) in [4.78, 5) is 15.0. The molecule has 146 valence electrons. The number of rotatable bonds is 4. The van der Waals surface area contributed by atoms with Crippen LogP contribution in [0.2, 0.25) is 0 Å². The average Bonchev–Trinajstić information content (AvgIpc) is 3.05. The van der Waals surface area contributed by atoms with Crippen LogP contribution in [0.4, 0.5) is 0 Å². The first-order chi connectivity index (χ1) is 12.3. The molecule has 0 bridgehead atoms. The van der Waals surface area contributed by atoms with E-state index in [1.165, 1.54) is 11.6 Å². The van der Waals surface area contributed by atoms with E-state index in [4.69, 9.17) is 5.73 Å². The summed E-state index contributed by atoms with van der Waals surface area (Å²) in [7, 11) is -3.37. The minimum absolute atomic E-state index is 0. The average molecular weight is 409 g/mol. The topological polar surface area (TPSA) is 80.5 Å². The van der Waals surface area contributed by atoms with Gasteiger partial charge in [0.25, 0.3) is 5.91 Å². The Morgan fingerprint density at radius 2 is 1.81 bits per heavy atom. The molecule has 1 aliphatic rings. The molecule has 0 aliphatic carbocycles. The second-order valence-corrected chi connectivity index (χ2v) is 8.96. The summed E-state index contributed by atoms with van der Waals surface area (Å²) in [5.41, 5.74) is 8.18. The summed E-state index contributed by atoms with van der Waals surface area (Å²) < 4.78 is 23.9. The maximum absolute atomic E-state index is 13.0. The van der Waals surface area contributed by atoms with E-state index in [1.807, 2.05) is 18.2 Å². The highest BCUT2D eigenvalue weighted by molar-refractivity contribution is 7.90. The fourth-order valence-corrected chi connectivity index (χ4v) is 4.66. The van der Waals surface area contributed by atoms with E-state index in [-0.39, 0.29) is 35.0 Å². The highest BCUT2D eigenvalue weighted by Gasteiger charge is 2.35. The Morgan fingerprint density at radius 1 is 1.15 bits per heavy atom. The van der Waals surface area contributed by atoms with Gasteiger partial charge >= 0.3 is 0 Å². The van der Waals surface area contributed by atoms with Crippen LogP contribution >= 0.6 is 12.4 Å². The van der Waals surface area contributed by atoms with Crippen LogP contribution in [0.15, 0.2) is 53.4 Å². The van der Waals surface area contributed by atoms with E-state index in [1.54, 1.807) is 24.0 Å². The molecule has 1 heterocycles. The Morgan fingerprint density at radius 3 is 2.41 bits per heavy atom. The molecular formula is C20H25ClN2O3S. The van der Waals surface area contributed by atoms with Gasteiger partial charge in [-0.05, 0) is 42.6 Å². The van der Waals surface area contributed by atoms with Gasteiger partial charge < -0.3 is 10.6 Å². The second-order valence-electron chi connectivity index (χ2n) is 6.98. The van der Waals surface area contributed by atoms with Gasteiger partial charge in [-0.1, -0.05) is 36.4 Å². The van der Waals surface area contributed by atoms with Crippen molar-refractivity contribution in [3.8, 4) is 0 Å². The molecule has 2 aromatic rings. The fourth-order valence-electron chi connectivity index (χ4n) is 3.67. The van der Waals surface area contributed by atoms with Crippen molar-refractivity contribution in [3.05, 3.63) is 65.2 Å². The number of carbonyl (C=O) groups is 1. The Hall–Kier alpha value is -1.89. The highest BCUT2D eigenvalue weighted by Crippen LogP contribution is 2.33. The molecule has 2 aromatic carbocycles. The Labute approximate surface area is 166 Å². The van der Waals surface area contributed by atoms with Crippen molar-refractivity contribution in [3.63, 3.8) is 0 Å². The van der Waals surface area contributed by atoms with Gasteiger partial charge in [0, 0.05) is 30.8 Å². The fraction of sp³-hybridized carbons (Fsp3) is 0.350. The van der Waals surface area contributed by atoms with Crippen molar-refractivity contribution in [2.24, 2.45) is 11.7 Å². The van der Waals surface area contributed by atoms with Crippen LogP contribution in [0.25, 0.3) is 0 Å². The molecular weight excluding hydrogens is 384 g/mol. The van der Waals surface area contributed by atoms with Crippen molar-refractivity contribution in [1.29, 1.82) is 0 Å². The van der Waals surface area contributed by atoms with Gasteiger partial charge in [0.1, 0.15) is 0 Å². The third-order valence-electron chi connectivity index (χ3n) is 5.09. The number of nitrogens with zero attached hydrogens (tertiary/aromatic N) is 1. The minimum Gasteiger partial charge on any atom is -0.338 e. The van der Waals surface area contributed by atoms with Crippen LogP contribution in [0.1, 0.15) is 27.4 Å². The van der Waals surface area contributed by atoms with Gasteiger partial charge in [-0.25, -0.2) is 8.42 Å². The van der Waals surface area contributed by atoms with Gasteiger partial charge in [0.15, 0.2) is 9.84 Å². The number of benzene rings is 2. The molecule has 1 amide bonds. The third kappa shape index (κ3) is 4.51. The predicted molar refractivity (Wildman–Crippen MR) is 109 cm³/mol. The molecule has 0 aromatic heterocycles. The van der Waals surface area contributed by atoms with Crippen LogP contribution < -0.4 is 5.73 Å². The summed E-state index contributed by atoms with van der Waals surface area (Å²) >= 11 is 0. The monoisotopic (exact) mass is 408 g/mol. The number of hydrogen-bond donors (Lipinski definition) is 1. The summed E-state index contributed by atoms with van der Waals surface area (Å²) in [6, 6.07) is 15.0.